The van der Waals surface area contributed by atoms with Crippen molar-refractivity contribution in [2.24, 2.45) is 0 Å². The molecule has 23 heavy (non-hydrogen) atoms. The minimum absolute atomic E-state index is 0.292. The summed E-state index contributed by atoms with van der Waals surface area (Å²) < 4.78 is 4.76. The molecule has 6 heteroatoms. The average Bonchev–Trinajstić information content (AvgIpc) is 2.55. The molecule has 0 saturated heterocycles. The second-order valence-electron chi connectivity index (χ2n) is 4.86. The fourth-order valence-corrected chi connectivity index (χ4v) is 2.42. The number of hydrogen-bond acceptors (Lipinski definition) is 3. The van der Waals surface area contributed by atoms with E-state index in [0.717, 1.165) is 5.56 Å². The van der Waals surface area contributed by atoms with E-state index in [1.807, 2.05) is 0 Å². The smallest absolute Gasteiger partial charge is 0.328 e. The van der Waals surface area contributed by atoms with Crippen LogP contribution in [-0.2, 0) is 16.0 Å². The molecule has 120 valence electrons. The topological polar surface area (TPSA) is 55.4 Å². The van der Waals surface area contributed by atoms with Crippen LogP contribution in [0.3, 0.4) is 0 Å². The molecule has 4 nitrogen and oxygen atoms in total. The fraction of sp³-hybridized carbons (Fsp3) is 0.176. The third-order valence-electron chi connectivity index (χ3n) is 3.26. The largest absolute Gasteiger partial charge is 0.467 e. The van der Waals surface area contributed by atoms with Crippen LogP contribution in [-0.4, -0.2) is 25.0 Å². The second-order valence-corrected chi connectivity index (χ2v) is 5.70. The molecule has 0 aliphatic rings. The zero-order valence-corrected chi connectivity index (χ0v) is 13.9. The van der Waals surface area contributed by atoms with E-state index in [2.05, 4.69) is 5.32 Å². The van der Waals surface area contributed by atoms with Crippen molar-refractivity contribution in [3.05, 3.63) is 69.7 Å². The van der Waals surface area contributed by atoms with Gasteiger partial charge in [0.2, 0.25) is 0 Å². The molecule has 0 unspecified atom stereocenters. The van der Waals surface area contributed by atoms with Crippen LogP contribution in [0.1, 0.15) is 15.9 Å². The van der Waals surface area contributed by atoms with Gasteiger partial charge in [0.1, 0.15) is 6.04 Å². The number of carbonyl (C=O) groups excluding carboxylic acids is 2. The molecule has 0 bridgehead atoms. The van der Waals surface area contributed by atoms with E-state index >= 15 is 0 Å². The lowest BCUT2D eigenvalue weighted by atomic mass is 10.1. The highest BCUT2D eigenvalue weighted by molar-refractivity contribution is 6.33. The van der Waals surface area contributed by atoms with Crippen LogP contribution in [0.2, 0.25) is 10.0 Å². The molecule has 0 aliphatic heterocycles. The lowest BCUT2D eigenvalue weighted by molar-refractivity contribution is -0.142. The molecule has 1 N–H and O–H groups in total. The molecule has 2 rings (SSSR count). The Morgan fingerprint density at radius 3 is 2.35 bits per heavy atom. The van der Waals surface area contributed by atoms with Crippen LogP contribution < -0.4 is 5.32 Å². The van der Waals surface area contributed by atoms with Gasteiger partial charge in [0.25, 0.3) is 5.91 Å². The van der Waals surface area contributed by atoms with E-state index in [9.17, 15) is 9.59 Å². The summed E-state index contributed by atoms with van der Waals surface area (Å²) >= 11 is 11.8. The molecule has 0 saturated carbocycles. The van der Waals surface area contributed by atoms with Gasteiger partial charge in [-0.1, -0.05) is 47.5 Å². The standard InChI is InChI=1S/C17H15Cl2NO3/c1-23-17(22)15(10-11-6-8-12(18)9-7-11)20-16(21)13-4-2-3-5-14(13)19/h2-9,15H,10H2,1H3,(H,20,21)/t15-/m1/s1. The first-order valence-corrected chi connectivity index (χ1v) is 7.64. The Kier molecular flexibility index (Phi) is 6.02. The van der Waals surface area contributed by atoms with E-state index in [1.165, 1.54) is 7.11 Å². The summed E-state index contributed by atoms with van der Waals surface area (Å²) in [5.74, 6) is -0.958. The minimum atomic E-state index is -0.815. The van der Waals surface area contributed by atoms with Gasteiger partial charge in [-0.25, -0.2) is 4.79 Å². The van der Waals surface area contributed by atoms with Crippen molar-refractivity contribution in [1.29, 1.82) is 0 Å². The lowest BCUT2D eigenvalue weighted by Crippen LogP contribution is -2.43. The number of rotatable bonds is 5. The Balaban J connectivity index is 2.15. The molecular weight excluding hydrogens is 337 g/mol. The molecule has 0 heterocycles. The molecule has 0 spiro atoms. The highest BCUT2D eigenvalue weighted by Crippen LogP contribution is 2.16. The van der Waals surface area contributed by atoms with Gasteiger partial charge in [-0.3, -0.25) is 4.79 Å². The van der Waals surface area contributed by atoms with Crippen molar-refractivity contribution in [2.75, 3.05) is 7.11 Å². The highest BCUT2D eigenvalue weighted by atomic mass is 35.5. The van der Waals surface area contributed by atoms with Gasteiger partial charge in [0, 0.05) is 11.4 Å². The van der Waals surface area contributed by atoms with Crippen LogP contribution in [0.4, 0.5) is 0 Å². The lowest BCUT2D eigenvalue weighted by Gasteiger charge is -2.17. The number of carbonyl (C=O) groups is 2. The van der Waals surface area contributed by atoms with Gasteiger partial charge in [-0.2, -0.15) is 0 Å². The molecule has 1 amide bonds. The maximum absolute atomic E-state index is 12.3. The number of halogens is 2. The van der Waals surface area contributed by atoms with Crippen molar-refractivity contribution < 1.29 is 14.3 Å². The van der Waals surface area contributed by atoms with Gasteiger partial charge in [0.05, 0.1) is 17.7 Å². The second kappa shape index (κ2) is 7.99. The zero-order valence-electron chi connectivity index (χ0n) is 12.4. The molecule has 2 aromatic rings. The van der Waals surface area contributed by atoms with Crippen molar-refractivity contribution in [3.8, 4) is 0 Å². The maximum Gasteiger partial charge on any atom is 0.328 e. The summed E-state index contributed by atoms with van der Waals surface area (Å²) in [5, 5.41) is 3.58. The molecular formula is C17H15Cl2NO3. The van der Waals surface area contributed by atoms with E-state index < -0.39 is 17.9 Å². The van der Waals surface area contributed by atoms with Crippen molar-refractivity contribution >= 4 is 35.1 Å². The monoisotopic (exact) mass is 351 g/mol. The first-order valence-electron chi connectivity index (χ1n) is 6.89. The summed E-state index contributed by atoms with van der Waals surface area (Å²) in [5.41, 5.74) is 1.16. The Bertz CT molecular complexity index is 701. The quantitative estimate of drug-likeness (QED) is 0.838. The number of ether oxygens (including phenoxy) is 1. The SMILES string of the molecule is COC(=O)[C@@H](Cc1ccc(Cl)cc1)NC(=O)c1ccccc1Cl. The normalized spacial score (nSPS) is 11.6. The summed E-state index contributed by atoms with van der Waals surface area (Å²) in [4.78, 5) is 24.3. The number of nitrogens with one attached hydrogen (secondary N) is 1. The third kappa shape index (κ3) is 4.71. The van der Waals surface area contributed by atoms with Crippen molar-refractivity contribution in [3.63, 3.8) is 0 Å². The Morgan fingerprint density at radius 1 is 1.09 bits per heavy atom. The summed E-state index contributed by atoms with van der Waals surface area (Å²) in [6.45, 7) is 0. The Labute approximate surface area is 144 Å². The maximum atomic E-state index is 12.3. The Hall–Kier alpha value is -2.04. The number of amides is 1. The first-order chi connectivity index (χ1) is 11.0. The van der Waals surface area contributed by atoms with Gasteiger partial charge >= 0.3 is 5.97 Å². The van der Waals surface area contributed by atoms with Crippen LogP contribution in [0.5, 0.6) is 0 Å². The number of esters is 1. The third-order valence-corrected chi connectivity index (χ3v) is 3.84. The van der Waals surface area contributed by atoms with E-state index in [-0.39, 0.29) is 0 Å². The Morgan fingerprint density at radius 2 is 1.74 bits per heavy atom. The van der Waals surface area contributed by atoms with Gasteiger partial charge in [-0.15, -0.1) is 0 Å². The van der Waals surface area contributed by atoms with Crippen molar-refractivity contribution in [2.45, 2.75) is 12.5 Å². The van der Waals surface area contributed by atoms with Gasteiger partial charge in [-0.05, 0) is 29.8 Å². The van der Waals surface area contributed by atoms with Crippen LogP contribution >= 0.6 is 23.2 Å². The van der Waals surface area contributed by atoms with Gasteiger partial charge in [0.15, 0.2) is 0 Å². The molecule has 0 radical (unpaired) electrons. The van der Waals surface area contributed by atoms with Crippen LogP contribution in [0, 0.1) is 0 Å². The van der Waals surface area contributed by atoms with Crippen molar-refractivity contribution in [1.82, 2.24) is 5.32 Å². The van der Waals surface area contributed by atoms with Crippen LogP contribution in [0.25, 0.3) is 0 Å². The summed E-state index contributed by atoms with van der Waals surface area (Å²) in [6, 6.07) is 12.8. The molecule has 0 aliphatic carbocycles. The number of hydrogen-bond donors (Lipinski definition) is 1. The van der Waals surface area contributed by atoms with E-state index in [4.69, 9.17) is 27.9 Å². The number of benzene rings is 2. The fourth-order valence-electron chi connectivity index (χ4n) is 2.07. The van der Waals surface area contributed by atoms with Gasteiger partial charge < -0.3 is 10.1 Å². The van der Waals surface area contributed by atoms with E-state index in [1.54, 1.807) is 48.5 Å². The molecule has 0 fully saturated rings. The molecule has 2 aromatic carbocycles. The first kappa shape index (κ1) is 17.3. The average molecular weight is 352 g/mol. The molecule has 0 aromatic heterocycles. The predicted molar refractivity (Wildman–Crippen MR) is 89.9 cm³/mol. The molecule has 1 atom stereocenters. The minimum Gasteiger partial charge on any atom is -0.467 e. The van der Waals surface area contributed by atoms with Crippen LogP contribution in [0.15, 0.2) is 48.5 Å². The summed E-state index contributed by atoms with van der Waals surface area (Å²) in [6.07, 6.45) is 0.292. The predicted octanol–water partition coefficient (Wildman–Crippen LogP) is 3.51. The number of methoxy groups -OCH3 is 1. The highest BCUT2D eigenvalue weighted by Gasteiger charge is 2.23. The zero-order chi connectivity index (χ0) is 16.8. The van der Waals surface area contributed by atoms with E-state index in [0.29, 0.717) is 22.0 Å². The summed E-state index contributed by atoms with van der Waals surface area (Å²) in [7, 11) is 1.28.